The summed E-state index contributed by atoms with van der Waals surface area (Å²) in [5.74, 6) is -1.88. The average molecular weight is 435 g/mol. The Morgan fingerprint density at radius 2 is 1.62 bits per heavy atom. The van der Waals surface area contributed by atoms with Crippen molar-refractivity contribution >= 4 is 29.2 Å². The number of carboxylic acid groups (broad SMARTS) is 1. The third-order valence-corrected chi connectivity index (χ3v) is 5.30. The van der Waals surface area contributed by atoms with Gasteiger partial charge in [-0.25, -0.2) is 19.2 Å². The summed E-state index contributed by atoms with van der Waals surface area (Å²) in [7, 11) is 0. The number of aromatic nitrogens is 2. The van der Waals surface area contributed by atoms with Crippen molar-refractivity contribution in [3.05, 3.63) is 77.9 Å². The Balaban J connectivity index is 1.52. The van der Waals surface area contributed by atoms with Crippen LogP contribution in [0.4, 0.5) is 21.7 Å². The van der Waals surface area contributed by atoms with Crippen molar-refractivity contribution in [3.8, 4) is 0 Å². The van der Waals surface area contributed by atoms with Crippen LogP contribution in [0.1, 0.15) is 27.1 Å². The lowest BCUT2D eigenvalue weighted by molar-refractivity contribution is 0.0698. The summed E-state index contributed by atoms with van der Waals surface area (Å²) >= 11 is 0. The molecule has 0 atom stereocenters. The molecule has 9 heteroatoms. The topological polar surface area (TPSA) is 98.7 Å². The molecule has 164 valence electrons. The van der Waals surface area contributed by atoms with Gasteiger partial charge in [-0.3, -0.25) is 4.79 Å². The number of benzene rings is 2. The van der Waals surface area contributed by atoms with Crippen molar-refractivity contribution in [2.75, 3.05) is 41.3 Å². The number of carboxylic acids is 1. The van der Waals surface area contributed by atoms with Crippen LogP contribution >= 0.6 is 0 Å². The van der Waals surface area contributed by atoms with Crippen molar-refractivity contribution in [3.63, 3.8) is 0 Å². The average Bonchev–Trinajstić information content (AvgIpc) is 3.06. The van der Waals surface area contributed by atoms with E-state index in [0.29, 0.717) is 19.0 Å². The summed E-state index contributed by atoms with van der Waals surface area (Å²) in [5, 5.41) is 12.2. The lowest BCUT2D eigenvalue weighted by Crippen LogP contribution is -2.31. The van der Waals surface area contributed by atoms with Gasteiger partial charge in [0, 0.05) is 44.3 Å². The molecule has 32 heavy (non-hydrogen) atoms. The quantitative estimate of drug-likeness (QED) is 0.635. The van der Waals surface area contributed by atoms with E-state index < -0.39 is 17.7 Å². The Hall–Kier alpha value is -4.01. The van der Waals surface area contributed by atoms with E-state index in [0.717, 1.165) is 25.2 Å². The first-order valence-corrected chi connectivity index (χ1v) is 10.2. The molecule has 1 aliphatic rings. The fourth-order valence-corrected chi connectivity index (χ4v) is 3.68. The zero-order valence-electron chi connectivity index (χ0n) is 17.2. The van der Waals surface area contributed by atoms with E-state index in [1.165, 1.54) is 24.3 Å². The van der Waals surface area contributed by atoms with Crippen LogP contribution in [-0.4, -0.2) is 53.1 Å². The number of nitrogens with zero attached hydrogens (tertiary/aromatic N) is 4. The molecule has 0 saturated carbocycles. The Kier molecular flexibility index (Phi) is 6.25. The summed E-state index contributed by atoms with van der Waals surface area (Å²) < 4.78 is 13.9. The van der Waals surface area contributed by atoms with Gasteiger partial charge >= 0.3 is 5.97 Å². The first-order valence-electron chi connectivity index (χ1n) is 10.2. The van der Waals surface area contributed by atoms with Gasteiger partial charge in [-0.2, -0.15) is 0 Å². The predicted octanol–water partition coefficient (Wildman–Crippen LogP) is 3.28. The lowest BCUT2D eigenvalue weighted by Gasteiger charge is -2.24. The van der Waals surface area contributed by atoms with Crippen LogP contribution in [0.25, 0.3) is 0 Å². The van der Waals surface area contributed by atoms with E-state index >= 15 is 0 Å². The molecule has 4 rings (SSSR count). The second-order valence-corrected chi connectivity index (χ2v) is 7.35. The maximum absolute atomic E-state index is 13.9. The Morgan fingerprint density at radius 3 is 2.38 bits per heavy atom. The monoisotopic (exact) mass is 435 g/mol. The normalized spacial score (nSPS) is 14.0. The number of aromatic carboxylic acids is 1. The molecule has 3 aromatic rings. The largest absolute Gasteiger partial charge is 0.478 e. The van der Waals surface area contributed by atoms with E-state index in [-0.39, 0.29) is 16.8 Å². The van der Waals surface area contributed by atoms with Gasteiger partial charge < -0.3 is 20.2 Å². The van der Waals surface area contributed by atoms with Crippen molar-refractivity contribution in [1.29, 1.82) is 0 Å². The minimum atomic E-state index is -1.18. The molecular weight excluding hydrogens is 413 g/mol. The van der Waals surface area contributed by atoms with Crippen LogP contribution in [0, 0.1) is 5.82 Å². The maximum atomic E-state index is 13.9. The van der Waals surface area contributed by atoms with Gasteiger partial charge in [0.15, 0.2) is 0 Å². The molecule has 1 aliphatic heterocycles. The molecule has 1 saturated heterocycles. The number of halogens is 1. The smallest absolute Gasteiger partial charge is 0.337 e. The van der Waals surface area contributed by atoms with E-state index in [9.17, 15) is 19.1 Å². The molecule has 0 radical (unpaired) electrons. The highest BCUT2D eigenvalue weighted by molar-refractivity contribution is 6.08. The number of amides is 1. The maximum Gasteiger partial charge on any atom is 0.337 e. The molecule has 0 aliphatic carbocycles. The van der Waals surface area contributed by atoms with Crippen LogP contribution in [0.15, 0.2) is 60.9 Å². The Bertz CT molecular complexity index is 1130. The molecule has 2 aromatic carbocycles. The summed E-state index contributed by atoms with van der Waals surface area (Å²) in [5.41, 5.74) is 0.647. The molecule has 2 heterocycles. The van der Waals surface area contributed by atoms with Crippen LogP contribution in [0.5, 0.6) is 0 Å². The van der Waals surface area contributed by atoms with Crippen molar-refractivity contribution < 1.29 is 19.1 Å². The first kappa shape index (κ1) is 21.2. The summed E-state index contributed by atoms with van der Waals surface area (Å²) in [4.78, 5) is 37.1. The second-order valence-electron chi connectivity index (χ2n) is 7.35. The minimum absolute atomic E-state index is 0.0558. The number of hydrogen-bond acceptors (Lipinski definition) is 6. The fourth-order valence-electron chi connectivity index (χ4n) is 3.68. The third-order valence-electron chi connectivity index (χ3n) is 5.30. The minimum Gasteiger partial charge on any atom is -0.478 e. The summed E-state index contributed by atoms with van der Waals surface area (Å²) in [6.45, 7) is 2.89. The van der Waals surface area contributed by atoms with Gasteiger partial charge in [0.1, 0.15) is 5.82 Å². The number of nitrogens with one attached hydrogen (secondary N) is 1. The molecular formula is C23H22FN5O3. The molecule has 2 N–H and O–H groups in total. The van der Waals surface area contributed by atoms with E-state index in [2.05, 4.69) is 25.1 Å². The molecule has 1 aromatic heterocycles. The van der Waals surface area contributed by atoms with Gasteiger partial charge in [0.2, 0.25) is 5.95 Å². The number of hydrogen-bond donors (Lipinski definition) is 2. The van der Waals surface area contributed by atoms with Crippen LogP contribution < -0.4 is 15.1 Å². The molecule has 0 unspecified atom stereocenters. The van der Waals surface area contributed by atoms with E-state index in [4.69, 9.17) is 0 Å². The number of anilines is 3. The SMILES string of the molecule is O=C(Nc1ccc(N2CCCN(c3ncccn3)CC2)cc1C(=O)O)c1ccccc1F. The summed E-state index contributed by atoms with van der Waals surface area (Å²) in [6.07, 6.45) is 4.27. The molecule has 0 bridgehead atoms. The zero-order valence-corrected chi connectivity index (χ0v) is 17.2. The first-order chi connectivity index (χ1) is 15.5. The lowest BCUT2D eigenvalue weighted by atomic mass is 10.1. The van der Waals surface area contributed by atoms with Crippen molar-refractivity contribution in [2.45, 2.75) is 6.42 Å². The van der Waals surface area contributed by atoms with E-state index in [1.807, 2.05) is 0 Å². The number of carbonyl (C=O) groups excluding carboxylic acids is 1. The standard InChI is InChI=1S/C23H22FN5O3/c24-19-6-2-1-5-17(19)21(30)27-20-8-7-16(15-18(20)22(31)32)28-11-4-12-29(14-13-28)23-25-9-3-10-26-23/h1-3,5-10,15H,4,11-14H2,(H,27,30)(H,31,32). The molecule has 8 nitrogen and oxygen atoms in total. The van der Waals surface area contributed by atoms with Crippen LogP contribution in [0.3, 0.4) is 0 Å². The third kappa shape index (κ3) is 4.66. The van der Waals surface area contributed by atoms with E-state index in [1.54, 1.807) is 36.7 Å². The molecule has 0 spiro atoms. The molecule has 1 amide bonds. The Labute approximate surface area is 184 Å². The van der Waals surface area contributed by atoms with Gasteiger partial charge in [0.25, 0.3) is 5.91 Å². The highest BCUT2D eigenvalue weighted by Crippen LogP contribution is 2.26. The highest BCUT2D eigenvalue weighted by atomic mass is 19.1. The van der Waals surface area contributed by atoms with Crippen molar-refractivity contribution in [1.82, 2.24) is 9.97 Å². The van der Waals surface area contributed by atoms with Gasteiger partial charge in [-0.1, -0.05) is 12.1 Å². The van der Waals surface area contributed by atoms with Crippen LogP contribution in [0.2, 0.25) is 0 Å². The van der Waals surface area contributed by atoms with Gasteiger partial charge in [0.05, 0.1) is 16.8 Å². The Morgan fingerprint density at radius 1 is 0.906 bits per heavy atom. The van der Waals surface area contributed by atoms with Gasteiger partial charge in [-0.15, -0.1) is 0 Å². The number of carbonyl (C=O) groups is 2. The molecule has 1 fully saturated rings. The highest BCUT2D eigenvalue weighted by Gasteiger charge is 2.21. The van der Waals surface area contributed by atoms with Crippen LogP contribution in [-0.2, 0) is 0 Å². The second kappa shape index (κ2) is 9.42. The van der Waals surface area contributed by atoms with Crippen molar-refractivity contribution in [2.24, 2.45) is 0 Å². The predicted molar refractivity (Wildman–Crippen MR) is 119 cm³/mol. The van der Waals surface area contributed by atoms with Gasteiger partial charge in [-0.05, 0) is 42.8 Å². The fraction of sp³-hybridized carbons (Fsp3) is 0.217. The number of rotatable bonds is 5. The summed E-state index contributed by atoms with van der Waals surface area (Å²) in [6, 6.07) is 12.2. The zero-order chi connectivity index (χ0) is 22.5.